The Bertz CT molecular complexity index is 845. The fourth-order valence-corrected chi connectivity index (χ4v) is 3.47. The van der Waals surface area contributed by atoms with Crippen LogP contribution in [0.5, 0.6) is 0 Å². The van der Waals surface area contributed by atoms with Gasteiger partial charge in [-0.2, -0.15) is 4.98 Å². The fourth-order valence-electron chi connectivity index (χ4n) is 2.30. The molecule has 0 aliphatic rings. The van der Waals surface area contributed by atoms with Crippen molar-refractivity contribution in [3.8, 4) is 0 Å². The number of rotatable bonds is 4. The highest BCUT2D eigenvalue weighted by Gasteiger charge is 2.13. The molecule has 3 nitrogen and oxygen atoms in total. The van der Waals surface area contributed by atoms with Crippen LogP contribution < -0.4 is 10.5 Å². The Hall–Kier alpha value is -1.91. The minimum absolute atomic E-state index is 0.181. The lowest BCUT2D eigenvalue weighted by Crippen LogP contribution is -2.21. The second-order valence-corrected chi connectivity index (χ2v) is 6.37. The van der Waals surface area contributed by atoms with Gasteiger partial charge in [-0.25, -0.2) is 0 Å². The lowest BCUT2D eigenvalue weighted by molar-refractivity contribution is 0.878. The Balaban J connectivity index is 2.12. The van der Waals surface area contributed by atoms with Gasteiger partial charge in [0.15, 0.2) is 5.13 Å². The first-order valence-electron chi connectivity index (χ1n) is 7.12. The summed E-state index contributed by atoms with van der Waals surface area (Å²) in [4.78, 5) is 18.6. The topological polar surface area (TPSA) is 33.2 Å². The maximum atomic E-state index is 12.2. The average molecular weight is 331 g/mol. The largest absolute Gasteiger partial charge is 0.318 e. The third-order valence-corrected chi connectivity index (χ3v) is 4.65. The molecular formula is C17H15ClN2OS. The molecule has 1 heterocycles. The van der Waals surface area contributed by atoms with Crippen LogP contribution in [0.4, 0.5) is 10.8 Å². The van der Waals surface area contributed by atoms with Crippen LogP contribution in [0.2, 0.25) is 5.02 Å². The summed E-state index contributed by atoms with van der Waals surface area (Å²) in [5, 5.41) is 2.08. The molecule has 22 heavy (non-hydrogen) atoms. The van der Waals surface area contributed by atoms with Crippen molar-refractivity contribution < 1.29 is 0 Å². The average Bonchev–Trinajstić information content (AvgIpc) is 2.54. The number of halogens is 1. The maximum absolute atomic E-state index is 12.2. The second-order valence-electron chi connectivity index (χ2n) is 4.93. The molecule has 112 valence electrons. The third kappa shape index (κ3) is 2.98. The number of nitrogens with zero attached hydrogens (tertiary/aromatic N) is 2. The van der Waals surface area contributed by atoms with Crippen molar-refractivity contribution in [1.82, 2.24) is 4.98 Å². The zero-order chi connectivity index (χ0) is 15.5. The zero-order valence-electron chi connectivity index (χ0n) is 12.1. The monoisotopic (exact) mass is 330 g/mol. The van der Waals surface area contributed by atoms with E-state index in [0.29, 0.717) is 15.5 Å². The van der Waals surface area contributed by atoms with E-state index in [1.54, 1.807) is 0 Å². The second kappa shape index (κ2) is 6.46. The Morgan fingerprint density at radius 2 is 1.86 bits per heavy atom. The van der Waals surface area contributed by atoms with E-state index in [4.69, 9.17) is 11.6 Å². The highest BCUT2D eigenvalue weighted by Crippen LogP contribution is 2.30. The van der Waals surface area contributed by atoms with Gasteiger partial charge in [0, 0.05) is 22.0 Å². The van der Waals surface area contributed by atoms with Crippen LogP contribution in [-0.2, 0) is 0 Å². The van der Waals surface area contributed by atoms with E-state index in [2.05, 4.69) is 16.8 Å². The molecule has 0 amide bonds. The molecule has 0 radical (unpaired) electrons. The molecule has 0 N–H and O–H groups in total. The van der Waals surface area contributed by atoms with Crippen molar-refractivity contribution in [1.29, 1.82) is 0 Å². The van der Waals surface area contributed by atoms with E-state index in [1.807, 2.05) is 48.5 Å². The number of hydrogen-bond acceptors (Lipinski definition) is 4. The number of fused-ring (bicyclic) bond motifs is 1. The van der Waals surface area contributed by atoms with E-state index >= 15 is 0 Å². The molecular weight excluding hydrogens is 316 g/mol. The van der Waals surface area contributed by atoms with Gasteiger partial charge in [0.1, 0.15) is 0 Å². The first kappa shape index (κ1) is 15.0. The van der Waals surface area contributed by atoms with Crippen molar-refractivity contribution in [3.63, 3.8) is 0 Å². The van der Waals surface area contributed by atoms with Crippen LogP contribution in [-0.4, -0.2) is 11.5 Å². The summed E-state index contributed by atoms with van der Waals surface area (Å²) >= 11 is 7.49. The fraction of sp³-hybridized carbons (Fsp3) is 0.176. The lowest BCUT2D eigenvalue weighted by atomic mass is 10.3. The molecule has 1 aromatic heterocycles. The molecule has 0 aliphatic carbocycles. The van der Waals surface area contributed by atoms with Gasteiger partial charge in [-0.3, -0.25) is 4.79 Å². The van der Waals surface area contributed by atoms with Crippen LogP contribution in [0, 0.1) is 0 Å². The van der Waals surface area contributed by atoms with Gasteiger partial charge in [0.25, 0.3) is 5.56 Å². The van der Waals surface area contributed by atoms with Gasteiger partial charge in [-0.15, -0.1) is 0 Å². The minimum atomic E-state index is -0.181. The number of benzene rings is 2. The van der Waals surface area contributed by atoms with E-state index in [9.17, 15) is 4.79 Å². The molecule has 0 saturated heterocycles. The van der Waals surface area contributed by atoms with Gasteiger partial charge < -0.3 is 4.90 Å². The van der Waals surface area contributed by atoms with Crippen LogP contribution in [0.25, 0.3) is 10.1 Å². The molecule has 0 aliphatic heterocycles. The summed E-state index contributed by atoms with van der Waals surface area (Å²) in [6, 6.07) is 15.2. The Morgan fingerprint density at radius 3 is 2.59 bits per heavy atom. The molecule has 0 bridgehead atoms. The van der Waals surface area contributed by atoms with Crippen molar-refractivity contribution in [2.24, 2.45) is 0 Å². The zero-order valence-corrected chi connectivity index (χ0v) is 13.7. The molecule has 0 unspecified atom stereocenters. The van der Waals surface area contributed by atoms with Gasteiger partial charge >= 0.3 is 0 Å². The van der Waals surface area contributed by atoms with Crippen LogP contribution in [0.1, 0.15) is 13.3 Å². The number of hydrogen-bond donors (Lipinski definition) is 0. The first-order valence-corrected chi connectivity index (χ1v) is 8.31. The summed E-state index contributed by atoms with van der Waals surface area (Å²) in [5.41, 5.74) is 0.809. The van der Waals surface area contributed by atoms with Crippen LogP contribution >= 0.6 is 22.9 Å². The summed E-state index contributed by atoms with van der Waals surface area (Å²) < 4.78 is 0.951. The normalized spacial score (nSPS) is 10.8. The maximum Gasteiger partial charge on any atom is 0.281 e. The summed E-state index contributed by atoms with van der Waals surface area (Å²) in [5.74, 6) is 0. The van der Waals surface area contributed by atoms with Crippen LogP contribution in [0.15, 0.2) is 53.3 Å². The highest BCUT2D eigenvalue weighted by atomic mass is 35.5. The van der Waals surface area contributed by atoms with E-state index in [1.165, 1.54) is 11.3 Å². The summed E-state index contributed by atoms with van der Waals surface area (Å²) in [6.07, 6.45) is 0.956. The third-order valence-electron chi connectivity index (χ3n) is 3.33. The van der Waals surface area contributed by atoms with E-state index in [0.717, 1.165) is 23.4 Å². The predicted octanol–water partition coefficient (Wildman–Crippen LogP) is 4.86. The van der Waals surface area contributed by atoms with Gasteiger partial charge in [-0.05, 0) is 42.8 Å². The molecule has 0 spiro atoms. The quantitative estimate of drug-likeness (QED) is 0.685. The molecule has 0 saturated carbocycles. The highest BCUT2D eigenvalue weighted by molar-refractivity contribution is 7.21. The van der Waals surface area contributed by atoms with Gasteiger partial charge in [-0.1, -0.05) is 42.0 Å². The first-order chi connectivity index (χ1) is 10.7. The number of aromatic nitrogens is 1. The molecule has 3 aromatic rings. The van der Waals surface area contributed by atoms with Gasteiger partial charge in [0.2, 0.25) is 0 Å². The number of anilines is 2. The standard InChI is InChI=1S/C17H15ClN2OS/c1-2-11-20(13-9-7-12(18)8-10-13)17-19-16(21)14-5-3-4-6-15(14)22-17/h3-10H,2,11H2,1H3. The molecule has 0 atom stereocenters. The predicted molar refractivity (Wildman–Crippen MR) is 94.6 cm³/mol. The Kier molecular flexibility index (Phi) is 4.41. The SMILES string of the molecule is CCCN(c1ccc(Cl)cc1)c1nc(=O)c2ccccc2s1. The summed E-state index contributed by atoms with van der Waals surface area (Å²) in [6.45, 7) is 2.90. The molecule has 2 aromatic carbocycles. The molecule has 5 heteroatoms. The van der Waals surface area contributed by atoms with Crippen LogP contribution in [0.3, 0.4) is 0 Å². The van der Waals surface area contributed by atoms with Crippen molar-refractivity contribution in [2.45, 2.75) is 13.3 Å². The molecule has 3 rings (SSSR count). The Labute approximate surface area is 137 Å². The summed E-state index contributed by atoms with van der Waals surface area (Å²) in [7, 11) is 0. The van der Waals surface area contributed by atoms with E-state index < -0.39 is 0 Å². The van der Waals surface area contributed by atoms with Crippen molar-refractivity contribution in [3.05, 3.63) is 63.9 Å². The molecule has 0 fully saturated rings. The van der Waals surface area contributed by atoms with Crippen molar-refractivity contribution >= 4 is 43.8 Å². The van der Waals surface area contributed by atoms with E-state index in [-0.39, 0.29) is 5.56 Å². The minimum Gasteiger partial charge on any atom is -0.318 e. The van der Waals surface area contributed by atoms with Crippen molar-refractivity contribution in [2.75, 3.05) is 11.4 Å². The Morgan fingerprint density at radius 1 is 1.14 bits per heavy atom. The smallest absolute Gasteiger partial charge is 0.281 e. The van der Waals surface area contributed by atoms with Gasteiger partial charge in [0.05, 0.1) is 5.39 Å². The lowest BCUT2D eigenvalue weighted by Gasteiger charge is -2.22.